The number of anilines is 1. The summed E-state index contributed by atoms with van der Waals surface area (Å²) in [7, 11) is 1.61. The molecule has 0 unspecified atom stereocenters. The van der Waals surface area contributed by atoms with E-state index in [0.29, 0.717) is 24.2 Å². The number of para-hydroxylation sites is 1. The van der Waals surface area contributed by atoms with E-state index in [1.54, 1.807) is 30.2 Å². The monoisotopic (exact) mass is 443 g/mol. The van der Waals surface area contributed by atoms with Gasteiger partial charge in [0.2, 0.25) is 0 Å². The molecule has 7 nitrogen and oxygen atoms in total. The first-order chi connectivity index (χ1) is 16.0. The van der Waals surface area contributed by atoms with E-state index in [1.165, 1.54) is 0 Å². The predicted molar refractivity (Wildman–Crippen MR) is 124 cm³/mol. The summed E-state index contributed by atoms with van der Waals surface area (Å²) in [5.41, 5.74) is 2.11. The molecule has 7 heteroatoms. The lowest BCUT2D eigenvalue weighted by molar-refractivity contribution is 0.0378. The van der Waals surface area contributed by atoms with Crippen LogP contribution in [0.2, 0.25) is 0 Å². The minimum Gasteiger partial charge on any atom is -0.497 e. The van der Waals surface area contributed by atoms with Crippen molar-refractivity contribution in [2.75, 3.05) is 12.0 Å². The Morgan fingerprint density at radius 1 is 1.15 bits per heavy atom. The van der Waals surface area contributed by atoms with Crippen LogP contribution in [0.5, 0.6) is 11.5 Å². The third kappa shape index (κ3) is 3.86. The predicted octanol–water partition coefficient (Wildman–Crippen LogP) is 4.39. The van der Waals surface area contributed by atoms with Gasteiger partial charge in [-0.05, 0) is 48.9 Å². The summed E-state index contributed by atoms with van der Waals surface area (Å²) < 4.78 is 11.5. The van der Waals surface area contributed by atoms with Crippen LogP contribution in [0.15, 0.2) is 72.8 Å². The third-order valence-corrected chi connectivity index (χ3v) is 6.13. The first-order valence-corrected chi connectivity index (χ1v) is 10.9. The van der Waals surface area contributed by atoms with Gasteiger partial charge < -0.3 is 20.1 Å². The number of amides is 3. The van der Waals surface area contributed by atoms with Gasteiger partial charge in [0.1, 0.15) is 11.5 Å². The number of rotatable bonds is 5. The molecule has 168 valence electrons. The fourth-order valence-corrected chi connectivity index (χ4v) is 4.57. The second kappa shape index (κ2) is 8.16. The van der Waals surface area contributed by atoms with Crippen molar-refractivity contribution in [2.24, 2.45) is 0 Å². The lowest BCUT2D eigenvalue weighted by Crippen LogP contribution is -2.65. The summed E-state index contributed by atoms with van der Waals surface area (Å²) in [6.07, 6.45) is 0.599. The quantitative estimate of drug-likeness (QED) is 0.613. The molecule has 3 aromatic rings. The highest BCUT2D eigenvalue weighted by molar-refractivity contribution is 5.99. The van der Waals surface area contributed by atoms with Crippen LogP contribution in [-0.4, -0.2) is 24.8 Å². The van der Waals surface area contributed by atoms with Gasteiger partial charge in [0.25, 0.3) is 5.91 Å². The van der Waals surface area contributed by atoms with E-state index in [0.717, 1.165) is 22.6 Å². The third-order valence-electron chi connectivity index (χ3n) is 6.13. The van der Waals surface area contributed by atoms with Crippen molar-refractivity contribution in [3.63, 3.8) is 0 Å². The molecule has 0 aliphatic carbocycles. The zero-order chi connectivity index (χ0) is 23.0. The van der Waals surface area contributed by atoms with Crippen molar-refractivity contribution in [3.8, 4) is 11.5 Å². The van der Waals surface area contributed by atoms with Gasteiger partial charge in [-0.3, -0.25) is 9.69 Å². The maximum Gasteiger partial charge on any atom is 0.325 e. The van der Waals surface area contributed by atoms with Crippen LogP contribution < -0.4 is 25.0 Å². The molecule has 3 aromatic carbocycles. The minimum absolute atomic E-state index is 0.113. The zero-order valence-electron chi connectivity index (χ0n) is 18.5. The number of carbonyl (C=O) groups excluding carboxylic acids is 2. The van der Waals surface area contributed by atoms with Crippen molar-refractivity contribution in [1.29, 1.82) is 0 Å². The van der Waals surface area contributed by atoms with Crippen LogP contribution in [0, 0.1) is 0 Å². The van der Waals surface area contributed by atoms with Crippen LogP contribution >= 0.6 is 0 Å². The molecule has 3 amide bonds. The molecule has 2 aliphatic heterocycles. The van der Waals surface area contributed by atoms with E-state index in [9.17, 15) is 9.59 Å². The van der Waals surface area contributed by atoms with Crippen molar-refractivity contribution >= 4 is 17.6 Å². The van der Waals surface area contributed by atoms with Gasteiger partial charge in [-0.15, -0.1) is 0 Å². The normalized spacial score (nSPS) is 20.8. The Bertz CT molecular complexity index is 1230. The summed E-state index contributed by atoms with van der Waals surface area (Å²) in [6.45, 7) is 2.27. The zero-order valence-corrected chi connectivity index (χ0v) is 18.5. The molecule has 1 saturated heterocycles. The summed E-state index contributed by atoms with van der Waals surface area (Å²) in [5, 5.41) is 6.01. The maximum absolute atomic E-state index is 13.1. The molecule has 0 spiro atoms. The van der Waals surface area contributed by atoms with Gasteiger partial charge in [-0.1, -0.05) is 36.4 Å². The highest BCUT2D eigenvalue weighted by Crippen LogP contribution is 2.45. The van der Waals surface area contributed by atoms with E-state index in [1.807, 2.05) is 61.5 Å². The summed E-state index contributed by atoms with van der Waals surface area (Å²) in [6, 6.07) is 22.0. The Kier molecular flexibility index (Phi) is 5.17. The molecular formula is C26H25N3O4. The van der Waals surface area contributed by atoms with Gasteiger partial charge in [-0.2, -0.15) is 0 Å². The van der Waals surface area contributed by atoms with Crippen molar-refractivity contribution in [1.82, 2.24) is 10.6 Å². The summed E-state index contributed by atoms with van der Waals surface area (Å²) in [5.74, 6) is 1.27. The molecule has 2 heterocycles. The number of benzene rings is 3. The number of fused-ring (bicyclic) bond motifs is 4. The fraction of sp³-hybridized carbons (Fsp3) is 0.231. The van der Waals surface area contributed by atoms with Gasteiger partial charge in [0.05, 0.1) is 18.8 Å². The van der Waals surface area contributed by atoms with Crippen LogP contribution in [0.1, 0.15) is 40.9 Å². The first-order valence-electron chi connectivity index (χ1n) is 10.9. The minimum atomic E-state index is -0.864. The van der Waals surface area contributed by atoms with Gasteiger partial charge in [-0.25, -0.2) is 4.79 Å². The second-order valence-corrected chi connectivity index (χ2v) is 8.44. The number of ether oxygens (including phenoxy) is 2. The first kappa shape index (κ1) is 20.9. The van der Waals surface area contributed by atoms with Gasteiger partial charge in [0, 0.05) is 24.1 Å². The Morgan fingerprint density at radius 2 is 1.97 bits per heavy atom. The highest BCUT2D eigenvalue weighted by Gasteiger charge is 2.49. The number of nitrogens with one attached hydrogen (secondary N) is 2. The number of nitrogens with zero attached hydrogens (tertiary/aromatic N) is 1. The van der Waals surface area contributed by atoms with Crippen molar-refractivity contribution in [2.45, 2.75) is 31.7 Å². The Balaban J connectivity index is 1.37. The van der Waals surface area contributed by atoms with Crippen molar-refractivity contribution < 1.29 is 19.1 Å². The molecule has 5 rings (SSSR count). The molecule has 0 radical (unpaired) electrons. The SMILES string of the molecule is COc1cccc(CNC(=O)c2cccc(N3C(=O)N[C@H]4C[C@@]3(C)Oc3ccccc34)c2)c1. The molecule has 0 saturated carbocycles. The van der Waals surface area contributed by atoms with Crippen LogP contribution in [0.4, 0.5) is 10.5 Å². The molecule has 0 aromatic heterocycles. The van der Waals surface area contributed by atoms with Gasteiger partial charge in [0.15, 0.2) is 5.72 Å². The molecular weight excluding hydrogens is 418 g/mol. The molecule has 1 fully saturated rings. The number of hydrogen-bond donors (Lipinski definition) is 2. The second-order valence-electron chi connectivity index (χ2n) is 8.44. The van der Waals surface area contributed by atoms with E-state index >= 15 is 0 Å². The summed E-state index contributed by atoms with van der Waals surface area (Å²) >= 11 is 0. The number of urea groups is 1. The molecule has 2 bridgehead atoms. The number of hydrogen-bond acceptors (Lipinski definition) is 4. The lowest BCUT2D eigenvalue weighted by Gasteiger charge is -2.50. The Hall–Kier alpha value is -4.00. The fourth-order valence-electron chi connectivity index (χ4n) is 4.57. The van der Waals surface area contributed by atoms with E-state index in [4.69, 9.17) is 9.47 Å². The smallest absolute Gasteiger partial charge is 0.325 e. The average Bonchev–Trinajstić information content (AvgIpc) is 2.82. The Labute approximate surface area is 192 Å². The standard InChI is InChI=1S/C26H25N3O4/c1-26-15-22(21-11-3-4-12-23(21)33-26)28-25(31)29(26)19-9-6-8-18(14-19)24(30)27-16-17-7-5-10-20(13-17)32-2/h3-14,22H,15-16H2,1-2H3,(H,27,30)(H,28,31)/t22-,26+/m0/s1. The maximum atomic E-state index is 13.1. The lowest BCUT2D eigenvalue weighted by atomic mass is 9.90. The van der Waals surface area contributed by atoms with Crippen LogP contribution in [-0.2, 0) is 6.54 Å². The topological polar surface area (TPSA) is 79.9 Å². The number of methoxy groups -OCH3 is 1. The average molecular weight is 444 g/mol. The Morgan fingerprint density at radius 3 is 2.82 bits per heavy atom. The van der Waals surface area contributed by atoms with Crippen LogP contribution in [0.3, 0.4) is 0 Å². The highest BCUT2D eigenvalue weighted by atomic mass is 16.5. The number of carbonyl (C=O) groups is 2. The van der Waals surface area contributed by atoms with Crippen LogP contribution in [0.25, 0.3) is 0 Å². The molecule has 2 aliphatic rings. The molecule has 33 heavy (non-hydrogen) atoms. The van der Waals surface area contributed by atoms with Gasteiger partial charge >= 0.3 is 6.03 Å². The van der Waals surface area contributed by atoms with E-state index in [-0.39, 0.29) is 18.0 Å². The van der Waals surface area contributed by atoms with E-state index in [2.05, 4.69) is 10.6 Å². The van der Waals surface area contributed by atoms with E-state index < -0.39 is 5.72 Å². The largest absolute Gasteiger partial charge is 0.497 e. The molecule has 2 N–H and O–H groups in total. The summed E-state index contributed by atoms with van der Waals surface area (Å²) in [4.78, 5) is 27.5. The molecule has 2 atom stereocenters. The van der Waals surface area contributed by atoms with Crippen molar-refractivity contribution in [3.05, 3.63) is 89.5 Å².